The molecule has 0 spiro atoms. The molecule has 1 unspecified atom stereocenters. The van der Waals surface area contributed by atoms with E-state index in [0.29, 0.717) is 12.8 Å². The zero-order valence-corrected chi connectivity index (χ0v) is 5.59. The summed E-state index contributed by atoms with van der Waals surface area (Å²) in [7, 11) is 0. The van der Waals surface area contributed by atoms with Crippen LogP contribution >= 0.6 is 0 Å². The monoisotopic (exact) mass is 128 g/mol. The Bertz CT molecular complexity index is 111. The van der Waals surface area contributed by atoms with E-state index in [1.807, 2.05) is 0 Å². The van der Waals surface area contributed by atoms with E-state index in [9.17, 15) is 0 Å². The van der Waals surface area contributed by atoms with Crippen LogP contribution < -0.4 is 0 Å². The molecule has 0 aliphatic carbocycles. The highest BCUT2D eigenvalue weighted by Gasteiger charge is 2.16. The zero-order valence-electron chi connectivity index (χ0n) is 5.59. The number of rotatable bonds is 3. The SMILES string of the molecule is C#CCCC(C)(O)CO. The lowest BCUT2D eigenvalue weighted by Gasteiger charge is -2.17. The van der Waals surface area contributed by atoms with Gasteiger partial charge in [-0.15, -0.1) is 12.3 Å². The quantitative estimate of drug-likeness (QED) is 0.531. The van der Waals surface area contributed by atoms with Gasteiger partial charge in [-0.25, -0.2) is 0 Å². The van der Waals surface area contributed by atoms with Crippen LogP contribution in [0.25, 0.3) is 0 Å². The normalized spacial score (nSPS) is 16.2. The Kier molecular flexibility index (Phi) is 3.29. The molecule has 2 N–H and O–H groups in total. The Balaban J connectivity index is 3.48. The van der Waals surface area contributed by atoms with Gasteiger partial charge < -0.3 is 10.2 Å². The van der Waals surface area contributed by atoms with Crippen molar-refractivity contribution in [2.75, 3.05) is 6.61 Å². The van der Waals surface area contributed by atoms with Gasteiger partial charge in [-0.2, -0.15) is 0 Å². The van der Waals surface area contributed by atoms with E-state index < -0.39 is 5.60 Å². The maximum atomic E-state index is 9.11. The molecule has 0 heterocycles. The molecule has 0 aliphatic heterocycles. The maximum Gasteiger partial charge on any atom is 0.0858 e. The summed E-state index contributed by atoms with van der Waals surface area (Å²) in [4.78, 5) is 0. The van der Waals surface area contributed by atoms with Gasteiger partial charge in [0.1, 0.15) is 0 Å². The summed E-state index contributed by atoms with van der Waals surface area (Å²) in [6.45, 7) is 1.33. The molecule has 0 saturated carbocycles. The molecule has 0 aromatic rings. The van der Waals surface area contributed by atoms with Crippen molar-refractivity contribution in [3.8, 4) is 12.3 Å². The van der Waals surface area contributed by atoms with Gasteiger partial charge >= 0.3 is 0 Å². The summed E-state index contributed by atoms with van der Waals surface area (Å²) in [5, 5.41) is 17.6. The Hall–Kier alpha value is -0.520. The predicted molar refractivity (Wildman–Crippen MR) is 35.8 cm³/mol. The Morgan fingerprint density at radius 2 is 2.22 bits per heavy atom. The van der Waals surface area contributed by atoms with E-state index >= 15 is 0 Å². The van der Waals surface area contributed by atoms with Gasteiger partial charge in [-0.05, 0) is 13.3 Å². The molecule has 9 heavy (non-hydrogen) atoms. The van der Waals surface area contributed by atoms with Crippen LogP contribution in [0.1, 0.15) is 19.8 Å². The van der Waals surface area contributed by atoms with Crippen molar-refractivity contribution in [3.05, 3.63) is 0 Å². The van der Waals surface area contributed by atoms with Crippen molar-refractivity contribution in [1.29, 1.82) is 0 Å². The fourth-order valence-corrected chi connectivity index (χ4v) is 0.421. The van der Waals surface area contributed by atoms with Crippen LogP contribution in [-0.2, 0) is 0 Å². The Morgan fingerprint density at radius 3 is 2.56 bits per heavy atom. The summed E-state index contributed by atoms with van der Waals surface area (Å²) >= 11 is 0. The van der Waals surface area contributed by atoms with E-state index in [0.717, 1.165) is 0 Å². The number of terminal acetylenes is 1. The predicted octanol–water partition coefficient (Wildman–Crippen LogP) is 0.143. The van der Waals surface area contributed by atoms with Crippen LogP contribution in [0.4, 0.5) is 0 Å². The average molecular weight is 128 g/mol. The standard InChI is InChI=1S/C7H12O2/c1-3-4-5-7(2,9)6-8/h1,8-9H,4-6H2,2H3. The topological polar surface area (TPSA) is 40.5 Å². The van der Waals surface area contributed by atoms with Crippen LogP contribution in [-0.4, -0.2) is 22.4 Å². The van der Waals surface area contributed by atoms with E-state index in [4.69, 9.17) is 16.6 Å². The van der Waals surface area contributed by atoms with Gasteiger partial charge in [-0.1, -0.05) is 0 Å². The molecular formula is C7H12O2. The Morgan fingerprint density at radius 1 is 1.67 bits per heavy atom. The summed E-state index contributed by atoms with van der Waals surface area (Å²) in [6, 6.07) is 0. The average Bonchev–Trinajstić information content (AvgIpc) is 1.84. The van der Waals surface area contributed by atoms with Crippen molar-refractivity contribution < 1.29 is 10.2 Å². The van der Waals surface area contributed by atoms with Gasteiger partial charge in [0, 0.05) is 6.42 Å². The molecule has 0 rings (SSSR count). The molecule has 1 atom stereocenters. The highest BCUT2D eigenvalue weighted by atomic mass is 16.3. The fraction of sp³-hybridized carbons (Fsp3) is 0.714. The van der Waals surface area contributed by atoms with Gasteiger partial charge in [0.25, 0.3) is 0 Å². The van der Waals surface area contributed by atoms with Crippen LogP contribution in [0.2, 0.25) is 0 Å². The van der Waals surface area contributed by atoms with Crippen molar-refractivity contribution in [1.82, 2.24) is 0 Å². The maximum absolute atomic E-state index is 9.11. The molecule has 2 heteroatoms. The first-order valence-corrected chi connectivity index (χ1v) is 2.89. The van der Waals surface area contributed by atoms with E-state index in [-0.39, 0.29) is 6.61 Å². The molecule has 0 amide bonds. The lowest BCUT2D eigenvalue weighted by atomic mass is 10.0. The third kappa shape index (κ3) is 4.01. The molecule has 0 radical (unpaired) electrons. The largest absolute Gasteiger partial charge is 0.393 e. The smallest absolute Gasteiger partial charge is 0.0858 e. The molecule has 0 saturated heterocycles. The summed E-state index contributed by atoms with van der Waals surface area (Å²) in [6.07, 6.45) is 5.91. The molecule has 0 fully saturated rings. The first kappa shape index (κ1) is 8.48. The lowest BCUT2D eigenvalue weighted by molar-refractivity contribution is -0.00379. The summed E-state index contributed by atoms with van der Waals surface area (Å²) < 4.78 is 0. The van der Waals surface area contributed by atoms with Crippen molar-refractivity contribution in [3.63, 3.8) is 0 Å². The number of hydrogen-bond donors (Lipinski definition) is 2. The first-order chi connectivity index (χ1) is 4.12. The van der Waals surface area contributed by atoms with Crippen LogP contribution in [0, 0.1) is 12.3 Å². The second-order valence-corrected chi connectivity index (χ2v) is 2.36. The van der Waals surface area contributed by atoms with Crippen molar-refractivity contribution in [2.24, 2.45) is 0 Å². The van der Waals surface area contributed by atoms with Gasteiger partial charge in [0.2, 0.25) is 0 Å². The lowest BCUT2D eigenvalue weighted by Crippen LogP contribution is -2.28. The summed E-state index contributed by atoms with van der Waals surface area (Å²) in [5.74, 6) is 2.39. The summed E-state index contributed by atoms with van der Waals surface area (Å²) in [5.41, 5.74) is -0.994. The number of aliphatic hydroxyl groups excluding tert-OH is 1. The molecule has 0 aromatic carbocycles. The van der Waals surface area contributed by atoms with Crippen LogP contribution in [0.3, 0.4) is 0 Å². The highest BCUT2D eigenvalue weighted by molar-refractivity contribution is 4.87. The van der Waals surface area contributed by atoms with Crippen LogP contribution in [0.5, 0.6) is 0 Å². The fourth-order valence-electron chi connectivity index (χ4n) is 0.421. The third-order valence-electron chi connectivity index (χ3n) is 1.15. The van der Waals surface area contributed by atoms with E-state index in [1.165, 1.54) is 0 Å². The van der Waals surface area contributed by atoms with Crippen molar-refractivity contribution in [2.45, 2.75) is 25.4 Å². The molecular weight excluding hydrogens is 116 g/mol. The molecule has 2 nitrogen and oxygen atoms in total. The van der Waals surface area contributed by atoms with Crippen LogP contribution in [0.15, 0.2) is 0 Å². The highest BCUT2D eigenvalue weighted by Crippen LogP contribution is 2.09. The minimum Gasteiger partial charge on any atom is -0.393 e. The Labute approximate surface area is 55.5 Å². The van der Waals surface area contributed by atoms with Gasteiger partial charge in [0.15, 0.2) is 0 Å². The third-order valence-corrected chi connectivity index (χ3v) is 1.15. The second kappa shape index (κ2) is 3.49. The number of aliphatic hydroxyl groups is 2. The van der Waals surface area contributed by atoms with Crippen molar-refractivity contribution >= 4 is 0 Å². The van der Waals surface area contributed by atoms with E-state index in [2.05, 4.69) is 5.92 Å². The minimum absolute atomic E-state index is 0.228. The molecule has 0 bridgehead atoms. The number of hydrogen-bond acceptors (Lipinski definition) is 2. The van der Waals surface area contributed by atoms with E-state index in [1.54, 1.807) is 6.92 Å². The molecule has 0 aromatic heterocycles. The zero-order chi connectivity index (χ0) is 7.33. The molecule has 52 valence electrons. The molecule has 0 aliphatic rings. The minimum atomic E-state index is -0.994. The van der Waals surface area contributed by atoms with Gasteiger partial charge in [0.05, 0.1) is 12.2 Å². The van der Waals surface area contributed by atoms with Gasteiger partial charge in [-0.3, -0.25) is 0 Å². The first-order valence-electron chi connectivity index (χ1n) is 2.89. The second-order valence-electron chi connectivity index (χ2n) is 2.36.